The number of hydrogen-bond donors (Lipinski definition) is 1. The van der Waals surface area contributed by atoms with Gasteiger partial charge in [0, 0.05) is 36.3 Å². The molecule has 1 aliphatic rings. The molecule has 0 aliphatic carbocycles. The molecule has 0 saturated carbocycles. The van der Waals surface area contributed by atoms with E-state index in [1.54, 1.807) is 18.3 Å². The number of halogens is 1. The van der Waals surface area contributed by atoms with Crippen LogP contribution in [0.3, 0.4) is 0 Å². The van der Waals surface area contributed by atoms with E-state index < -0.39 is 9.84 Å². The summed E-state index contributed by atoms with van der Waals surface area (Å²) in [4.78, 5) is 6.74. The molecule has 0 bridgehead atoms. The van der Waals surface area contributed by atoms with Gasteiger partial charge in [-0.05, 0) is 25.2 Å². The van der Waals surface area contributed by atoms with Gasteiger partial charge in [0.1, 0.15) is 0 Å². The quantitative estimate of drug-likeness (QED) is 0.731. The second-order valence-electron chi connectivity index (χ2n) is 6.14. The minimum atomic E-state index is -3.88. The van der Waals surface area contributed by atoms with Crippen LogP contribution in [0.15, 0.2) is 40.3 Å². The molecule has 2 aromatic heterocycles. The van der Waals surface area contributed by atoms with Crippen molar-refractivity contribution in [1.29, 1.82) is 0 Å². The van der Waals surface area contributed by atoms with Gasteiger partial charge in [-0.3, -0.25) is 0 Å². The molecule has 1 aliphatic heterocycles. The Morgan fingerprint density at radius 3 is 2.88 bits per heavy atom. The van der Waals surface area contributed by atoms with E-state index in [1.807, 2.05) is 7.05 Å². The third kappa shape index (κ3) is 2.66. The smallest absolute Gasteiger partial charge is 0.214 e. The molecule has 7 nitrogen and oxygen atoms in total. The number of rotatable bonds is 2. The van der Waals surface area contributed by atoms with E-state index in [9.17, 15) is 8.42 Å². The number of nitrogens with zero attached hydrogens (tertiary/aromatic N) is 4. The van der Waals surface area contributed by atoms with Crippen LogP contribution >= 0.6 is 11.6 Å². The number of benzene rings is 1. The van der Waals surface area contributed by atoms with Crippen molar-refractivity contribution in [2.75, 3.05) is 19.3 Å². The summed E-state index contributed by atoms with van der Waals surface area (Å²) in [6.45, 7) is 1.62. The predicted molar refractivity (Wildman–Crippen MR) is 94.3 cm³/mol. The molecule has 4 rings (SSSR count). The molecule has 0 unspecified atom stereocenters. The molecule has 0 amide bonds. The van der Waals surface area contributed by atoms with Crippen LogP contribution in [0.4, 0.5) is 5.82 Å². The summed E-state index contributed by atoms with van der Waals surface area (Å²) in [5.41, 5.74) is 8.10. The van der Waals surface area contributed by atoms with Crippen LogP contribution in [0.25, 0.3) is 5.65 Å². The molecule has 0 atom stereocenters. The van der Waals surface area contributed by atoms with Crippen LogP contribution in [-0.4, -0.2) is 41.5 Å². The lowest BCUT2D eigenvalue weighted by molar-refractivity contribution is 0.309. The van der Waals surface area contributed by atoms with Crippen molar-refractivity contribution >= 4 is 32.9 Å². The highest BCUT2D eigenvalue weighted by molar-refractivity contribution is 7.91. The molecule has 3 aromatic rings. The highest BCUT2D eigenvalue weighted by atomic mass is 35.5. The summed E-state index contributed by atoms with van der Waals surface area (Å²) < 4.78 is 27.6. The second kappa shape index (κ2) is 5.69. The first kappa shape index (κ1) is 16.3. The van der Waals surface area contributed by atoms with E-state index in [4.69, 9.17) is 17.3 Å². The minimum absolute atomic E-state index is 0.0665. The molecular formula is C16H16ClN5O2S. The number of anilines is 1. The fourth-order valence-corrected chi connectivity index (χ4v) is 4.79. The molecule has 1 aromatic carbocycles. The zero-order valence-corrected chi connectivity index (χ0v) is 15.0. The summed E-state index contributed by atoms with van der Waals surface area (Å²) >= 11 is 5.94. The van der Waals surface area contributed by atoms with E-state index in [0.717, 1.165) is 30.8 Å². The van der Waals surface area contributed by atoms with Gasteiger partial charge in [-0.15, -0.1) is 5.10 Å². The first-order valence-electron chi connectivity index (χ1n) is 7.72. The van der Waals surface area contributed by atoms with Crippen molar-refractivity contribution in [2.45, 2.75) is 22.8 Å². The summed E-state index contributed by atoms with van der Waals surface area (Å²) in [6.07, 6.45) is 2.56. The molecule has 130 valence electrons. The Hall–Kier alpha value is -2.16. The van der Waals surface area contributed by atoms with Crippen molar-refractivity contribution in [3.63, 3.8) is 0 Å². The Morgan fingerprint density at radius 2 is 2.12 bits per heavy atom. The molecule has 0 radical (unpaired) electrons. The SMILES string of the molecule is CN1CCc2nc3c(S(=O)(=O)c4cccc(Cl)c4)c(N)nn3cc2C1. The normalized spacial score (nSPS) is 15.4. The van der Waals surface area contributed by atoms with Gasteiger partial charge in [-0.1, -0.05) is 17.7 Å². The van der Waals surface area contributed by atoms with Gasteiger partial charge in [0.25, 0.3) is 0 Å². The van der Waals surface area contributed by atoms with Gasteiger partial charge in [0.15, 0.2) is 16.4 Å². The summed E-state index contributed by atoms with van der Waals surface area (Å²) in [5.74, 6) is -0.0665. The number of nitrogen functional groups attached to an aromatic ring is 1. The largest absolute Gasteiger partial charge is 0.381 e. The Balaban J connectivity index is 1.94. The van der Waals surface area contributed by atoms with Crippen LogP contribution < -0.4 is 5.73 Å². The third-order valence-electron chi connectivity index (χ3n) is 4.30. The third-order valence-corrected chi connectivity index (χ3v) is 6.34. The first-order chi connectivity index (χ1) is 11.9. The van der Waals surface area contributed by atoms with Gasteiger partial charge >= 0.3 is 0 Å². The van der Waals surface area contributed by atoms with Crippen molar-refractivity contribution in [3.05, 3.63) is 46.7 Å². The standard InChI is InChI=1S/C16H16ClN5O2S/c1-21-6-5-13-10(8-21)9-22-16(19-13)14(15(18)20-22)25(23,24)12-4-2-3-11(17)7-12/h2-4,7,9H,5-6,8H2,1H3,(H2,18,20). The summed E-state index contributed by atoms with van der Waals surface area (Å²) in [7, 11) is -1.85. The van der Waals surface area contributed by atoms with Crippen LogP contribution in [-0.2, 0) is 22.8 Å². The van der Waals surface area contributed by atoms with Crippen LogP contribution in [0.5, 0.6) is 0 Å². The number of fused-ring (bicyclic) bond motifs is 2. The molecule has 9 heteroatoms. The van der Waals surface area contributed by atoms with Crippen LogP contribution in [0.2, 0.25) is 5.02 Å². The predicted octanol–water partition coefficient (Wildman–Crippen LogP) is 1.79. The van der Waals surface area contributed by atoms with Gasteiger partial charge < -0.3 is 10.6 Å². The number of aromatic nitrogens is 3. The second-order valence-corrected chi connectivity index (χ2v) is 8.47. The summed E-state index contributed by atoms with van der Waals surface area (Å²) in [5, 5.41) is 4.50. The number of sulfone groups is 1. The van der Waals surface area contributed by atoms with E-state index in [2.05, 4.69) is 15.0 Å². The first-order valence-corrected chi connectivity index (χ1v) is 9.58. The Labute approximate surface area is 149 Å². The van der Waals surface area contributed by atoms with Gasteiger partial charge in [-0.25, -0.2) is 17.9 Å². The Morgan fingerprint density at radius 1 is 1.32 bits per heavy atom. The maximum absolute atomic E-state index is 13.1. The van der Waals surface area contributed by atoms with E-state index in [0.29, 0.717) is 5.02 Å². The number of nitrogens with two attached hydrogens (primary N) is 1. The monoisotopic (exact) mass is 377 g/mol. The van der Waals surface area contributed by atoms with Crippen molar-refractivity contribution in [1.82, 2.24) is 19.5 Å². The molecule has 0 saturated heterocycles. The molecule has 0 spiro atoms. The van der Waals surface area contributed by atoms with E-state index >= 15 is 0 Å². The highest BCUT2D eigenvalue weighted by Crippen LogP contribution is 2.31. The van der Waals surface area contributed by atoms with Gasteiger partial charge in [0.2, 0.25) is 9.84 Å². The Kier molecular flexibility index (Phi) is 3.71. The lowest BCUT2D eigenvalue weighted by atomic mass is 10.1. The number of likely N-dealkylation sites (N-methyl/N-ethyl adjacent to an activating group) is 1. The average molecular weight is 378 g/mol. The zero-order chi connectivity index (χ0) is 17.8. The average Bonchev–Trinajstić information content (AvgIpc) is 2.88. The lowest BCUT2D eigenvalue weighted by Crippen LogP contribution is -2.27. The maximum Gasteiger partial charge on any atom is 0.214 e. The minimum Gasteiger partial charge on any atom is -0.381 e. The molecule has 2 N–H and O–H groups in total. The topological polar surface area (TPSA) is 93.6 Å². The zero-order valence-electron chi connectivity index (χ0n) is 13.5. The van der Waals surface area contributed by atoms with Crippen molar-refractivity contribution in [2.24, 2.45) is 0 Å². The summed E-state index contributed by atoms with van der Waals surface area (Å²) in [6, 6.07) is 6.08. The Bertz CT molecular complexity index is 1090. The van der Waals surface area contributed by atoms with Crippen molar-refractivity contribution in [3.8, 4) is 0 Å². The van der Waals surface area contributed by atoms with E-state index in [1.165, 1.54) is 16.6 Å². The lowest BCUT2D eigenvalue weighted by Gasteiger charge is -2.23. The van der Waals surface area contributed by atoms with E-state index in [-0.39, 0.29) is 21.3 Å². The van der Waals surface area contributed by atoms with Crippen LogP contribution in [0.1, 0.15) is 11.3 Å². The van der Waals surface area contributed by atoms with Gasteiger partial charge in [-0.2, -0.15) is 0 Å². The van der Waals surface area contributed by atoms with Crippen molar-refractivity contribution < 1.29 is 8.42 Å². The molecule has 3 heterocycles. The van der Waals surface area contributed by atoms with Crippen LogP contribution in [0, 0.1) is 0 Å². The molecule has 0 fully saturated rings. The molecule has 25 heavy (non-hydrogen) atoms. The fraction of sp³-hybridized carbons (Fsp3) is 0.250. The molecular weight excluding hydrogens is 362 g/mol. The van der Waals surface area contributed by atoms with Gasteiger partial charge in [0.05, 0.1) is 10.6 Å². The maximum atomic E-state index is 13.1. The highest BCUT2D eigenvalue weighted by Gasteiger charge is 2.29. The number of hydrogen-bond acceptors (Lipinski definition) is 6. The fourth-order valence-electron chi connectivity index (χ4n) is 3.07.